The lowest BCUT2D eigenvalue weighted by atomic mass is 9.77. The van der Waals surface area contributed by atoms with Gasteiger partial charge in [-0.3, -0.25) is 0 Å². The zero-order valence-electron chi connectivity index (χ0n) is 12.1. The third-order valence-electron chi connectivity index (χ3n) is 4.87. The molecule has 0 spiro atoms. The highest BCUT2D eigenvalue weighted by Gasteiger charge is 2.29. The van der Waals surface area contributed by atoms with E-state index in [-0.39, 0.29) is 0 Å². The molecule has 1 aliphatic carbocycles. The number of hydrogen-bond donors (Lipinski definition) is 1. The molecule has 0 aromatic heterocycles. The van der Waals surface area contributed by atoms with Crippen LogP contribution in [-0.2, 0) is 4.74 Å². The fourth-order valence-corrected chi connectivity index (χ4v) is 3.88. The highest BCUT2D eigenvalue weighted by atomic mass is 16.5. The summed E-state index contributed by atoms with van der Waals surface area (Å²) in [4.78, 5) is 0. The van der Waals surface area contributed by atoms with Crippen LogP contribution in [0, 0.1) is 11.8 Å². The van der Waals surface area contributed by atoms with Gasteiger partial charge in [0.1, 0.15) is 0 Å². The second-order valence-electron chi connectivity index (χ2n) is 6.14. The van der Waals surface area contributed by atoms with Gasteiger partial charge in [-0.1, -0.05) is 39.0 Å². The van der Waals surface area contributed by atoms with E-state index < -0.39 is 0 Å². The molecule has 0 aromatic carbocycles. The predicted octanol–water partition coefficient (Wildman–Crippen LogP) is 3.75. The zero-order chi connectivity index (χ0) is 12.6. The summed E-state index contributed by atoms with van der Waals surface area (Å²) < 4.78 is 5.53. The largest absolute Gasteiger partial charge is 0.381 e. The first-order valence-corrected chi connectivity index (χ1v) is 8.23. The smallest absolute Gasteiger partial charge is 0.0469 e. The first-order chi connectivity index (χ1) is 8.92. The van der Waals surface area contributed by atoms with Gasteiger partial charge in [0.25, 0.3) is 0 Å². The summed E-state index contributed by atoms with van der Waals surface area (Å²) in [6.07, 6.45) is 12.8. The summed E-state index contributed by atoms with van der Waals surface area (Å²) in [5.41, 5.74) is 0. The average Bonchev–Trinajstić information content (AvgIpc) is 2.38. The maximum Gasteiger partial charge on any atom is 0.0469 e. The predicted molar refractivity (Wildman–Crippen MR) is 76.8 cm³/mol. The van der Waals surface area contributed by atoms with Crippen LogP contribution < -0.4 is 5.32 Å². The van der Waals surface area contributed by atoms with Crippen molar-refractivity contribution in [3.8, 4) is 0 Å². The number of hydrogen-bond acceptors (Lipinski definition) is 2. The summed E-state index contributed by atoms with van der Waals surface area (Å²) in [5.74, 6) is 1.79. The SMILES string of the molecule is CCNC(C1CCCCCCC1)C1CCOCC1. The van der Waals surface area contributed by atoms with E-state index in [4.69, 9.17) is 4.74 Å². The van der Waals surface area contributed by atoms with Crippen molar-refractivity contribution in [2.45, 2.75) is 70.8 Å². The molecule has 1 atom stereocenters. The molecule has 0 bridgehead atoms. The molecule has 2 aliphatic rings. The van der Waals surface area contributed by atoms with Gasteiger partial charge in [-0.2, -0.15) is 0 Å². The van der Waals surface area contributed by atoms with Crippen LogP contribution in [0.4, 0.5) is 0 Å². The zero-order valence-corrected chi connectivity index (χ0v) is 12.1. The average molecular weight is 253 g/mol. The summed E-state index contributed by atoms with van der Waals surface area (Å²) >= 11 is 0. The summed E-state index contributed by atoms with van der Waals surface area (Å²) in [7, 11) is 0. The molecule has 1 unspecified atom stereocenters. The van der Waals surface area contributed by atoms with E-state index in [1.807, 2.05) is 0 Å². The van der Waals surface area contributed by atoms with E-state index in [9.17, 15) is 0 Å². The second-order valence-corrected chi connectivity index (χ2v) is 6.14. The Hall–Kier alpha value is -0.0800. The molecule has 1 saturated heterocycles. The molecule has 1 N–H and O–H groups in total. The Morgan fingerprint density at radius 2 is 1.44 bits per heavy atom. The van der Waals surface area contributed by atoms with Gasteiger partial charge in [-0.25, -0.2) is 0 Å². The fraction of sp³-hybridized carbons (Fsp3) is 1.00. The quantitative estimate of drug-likeness (QED) is 0.824. The lowest BCUT2D eigenvalue weighted by Crippen LogP contribution is -2.44. The van der Waals surface area contributed by atoms with Crippen molar-refractivity contribution in [1.82, 2.24) is 5.32 Å². The maximum atomic E-state index is 5.53. The van der Waals surface area contributed by atoms with Crippen molar-refractivity contribution in [2.75, 3.05) is 19.8 Å². The standard InChI is InChI=1S/C16H31NO/c1-2-17-16(15-10-12-18-13-11-15)14-8-6-4-3-5-7-9-14/h14-17H,2-13H2,1H3. The maximum absolute atomic E-state index is 5.53. The van der Waals surface area contributed by atoms with E-state index >= 15 is 0 Å². The molecule has 0 radical (unpaired) electrons. The Kier molecular flexibility index (Phi) is 6.50. The molecule has 1 heterocycles. The lowest BCUT2D eigenvalue weighted by Gasteiger charge is -2.37. The highest BCUT2D eigenvalue weighted by molar-refractivity contribution is 4.85. The summed E-state index contributed by atoms with van der Waals surface area (Å²) in [5, 5.41) is 3.81. The minimum absolute atomic E-state index is 0.761. The summed E-state index contributed by atoms with van der Waals surface area (Å²) in [6.45, 7) is 5.35. The molecular weight excluding hydrogens is 222 g/mol. The van der Waals surface area contributed by atoms with Crippen molar-refractivity contribution in [3.63, 3.8) is 0 Å². The Bertz CT molecular complexity index is 205. The van der Waals surface area contributed by atoms with E-state index in [1.54, 1.807) is 0 Å². The molecule has 2 heteroatoms. The van der Waals surface area contributed by atoms with Crippen LogP contribution in [0.2, 0.25) is 0 Å². The Morgan fingerprint density at radius 3 is 2.06 bits per heavy atom. The third-order valence-corrected chi connectivity index (χ3v) is 4.87. The van der Waals surface area contributed by atoms with Crippen molar-refractivity contribution in [2.24, 2.45) is 11.8 Å². The van der Waals surface area contributed by atoms with Crippen LogP contribution in [0.1, 0.15) is 64.7 Å². The van der Waals surface area contributed by atoms with Crippen LogP contribution in [0.3, 0.4) is 0 Å². The molecule has 1 saturated carbocycles. The first kappa shape index (κ1) is 14.3. The molecule has 0 aromatic rings. The fourth-order valence-electron chi connectivity index (χ4n) is 3.88. The topological polar surface area (TPSA) is 21.3 Å². The van der Waals surface area contributed by atoms with Crippen molar-refractivity contribution >= 4 is 0 Å². The van der Waals surface area contributed by atoms with Gasteiger partial charge >= 0.3 is 0 Å². The molecule has 0 amide bonds. The normalized spacial score (nSPS) is 26.5. The van der Waals surface area contributed by atoms with Gasteiger partial charge in [0.15, 0.2) is 0 Å². The van der Waals surface area contributed by atoms with E-state index in [2.05, 4.69) is 12.2 Å². The minimum Gasteiger partial charge on any atom is -0.381 e. The van der Waals surface area contributed by atoms with Crippen LogP contribution in [-0.4, -0.2) is 25.8 Å². The Balaban J connectivity index is 1.92. The third kappa shape index (κ3) is 4.24. The van der Waals surface area contributed by atoms with Gasteiger partial charge in [0.05, 0.1) is 0 Å². The van der Waals surface area contributed by atoms with Crippen LogP contribution in [0.25, 0.3) is 0 Å². The minimum atomic E-state index is 0.761. The molecule has 2 rings (SSSR count). The van der Waals surface area contributed by atoms with Gasteiger partial charge in [-0.05, 0) is 44.1 Å². The molecule has 1 aliphatic heterocycles. The van der Waals surface area contributed by atoms with Crippen LogP contribution in [0.15, 0.2) is 0 Å². The number of rotatable bonds is 4. The van der Waals surface area contributed by atoms with Gasteiger partial charge < -0.3 is 10.1 Å². The molecular formula is C16H31NO. The highest BCUT2D eigenvalue weighted by Crippen LogP contribution is 2.31. The van der Waals surface area contributed by atoms with Gasteiger partial charge in [0, 0.05) is 19.3 Å². The molecule has 2 fully saturated rings. The number of nitrogens with one attached hydrogen (secondary N) is 1. The van der Waals surface area contributed by atoms with Crippen molar-refractivity contribution in [1.29, 1.82) is 0 Å². The van der Waals surface area contributed by atoms with E-state index in [0.717, 1.165) is 37.6 Å². The Morgan fingerprint density at radius 1 is 0.889 bits per heavy atom. The first-order valence-electron chi connectivity index (χ1n) is 8.23. The van der Waals surface area contributed by atoms with E-state index in [1.165, 1.54) is 57.8 Å². The van der Waals surface area contributed by atoms with E-state index in [0.29, 0.717) is 0 Å². The van der Waals surface area contributed by atoms with Crippen molar-refractivity contribution in [3.05, 3.63) is 0 Å². The van der Waals surface area contributed by atoms with Crippen molar-refractivity contribution < 1.29 is 4.74 Å². The lowest BCUT2D eigenvalue weighted by molar-refractivity contribution is 0.0419. The number of ether oxygens (including phenoxy) is 1. The van der Waals surface area contributed by atoms with Gasteiger partial charge in [-0.15, -0.1) is 0 Å². The molecule has 2 nitrogen and oxygen atoms in total. The monoisotopic (exact) mass is 253 g/mol. The Labute approximate surface area is 113 Å². The molecule has 106 valence electrons. The van der Waals surface area contributed by atoms with Crippen LogP contribution >= 0.6 is 0 Å². The summed E-state index contributed by atoms with van der Waals surface area (Å²) in [6, 6.07) is 0.761. The second kappa shape index (κ2) is 8.16. The van der Waals surface area contributed by atoms with Crippen LogP contribution in [0.5, 0.6) is 0 Å². The van der Waals surface area contributed by atoms with Gasteiger partial charge in [0.2, 0.25) is 0 Å². The molecule has 18 heavy (non-hydrogen) atoms.